The molecule has 4 rings (SSSR count). The fourth-order valence-electron chi connectivity index (χ4n) is 3.41. The normalized spacial score (nSPS) is 16.5. The second kappa shape index (κ2) is 8.53. The molecule has 1 N–H and O–H groups in total. The van der Waals surface area contributed by atoms with Crippen LogP contribution >= 0.6 is 11.6 Å². The molecule has 0 saturated carbocycles. The van der Waals surface area contributed by atoms with Gasteiger partial charge >= 0.3 is 6.03 Å². The van der Waals surface area contributed by atoms with E-state index < -0.39 is 0 Å². The van der Waals surface area contributed by atoms with Crippen LogP contribution in [0.25, 0.3) is 11.4 Å². The molecule has 1 aliphatic heterocycles. The molecular formula is C21H21ClN4O3. The number of halogens is 1. The van der Waals surface area contributed by atoms with E-state index in [2.05, 4.69) is 15.5 Å². The van der Waals surface area contributed by atoms with Gasteiger partial charge in [0.25, 0.3) is 0 Å². The summed E-state index contributed by atoms with van der Waals surface area (Å²) in [6.07, 6.45) is 2.70. The number of carbonyl (C=O) groups excluding carboxylic acids is 1. The lowest BCUT2D eigenvalue weighted by molar-refractivity contribution is 0.142. The van der Waals surface area contributed by atoms with Gasteiger partial charge in [0.05, 0.1) is 7.11 Å². The molecule has 29 heavy (non-hydrogen) atoms. The topological polar surface area (TPSA) is 80.5 Å². The number of methoxy groups -OCH3 is 1. The first-order valence-electron chi connectivity index (χ1n) is 9.45. The van der Waals surface area contributed by atoms with E-state index in [0.717, 1.165) is 30.6 Å². The number of rotatable bonds is 4. The molecule has 2 amide bonds. The highest BCUT2D eigenvalue weighted by molar-refractivity contribution is 6.30. The van der Waals surface area contributed by atoms with Crippen molar-refractivity contribution in [3.05, 3.63) is 59.4 Å². The van der Waals surface area contributed by atoms with E-state index in [-0.39, 0.29) is 12.1 Å². The summed E-state index contributed by atoms with van der Waals surface area (Å²) in [5, 5.41) is 7.64. The lowest BCUT2D eigenvalue weighted by Gasteiger charge is -2.33. The Morgan fingerprint density at radius 1 is 1.24 bits per heavy atom. The van der Waals surface area contributed by atoms with Crippen LogP contribution < -0.4 is 10.1 Å². The minimum atomic E-state index is -0.261. The van der Waals surface area contributed by atoms with Gasteiger partial charge in [-0.05, 0) is 55.7 Å². The van der Waals surface area contributed by atoms with E-state index >= 15 is 0 Å². The summed E-state index contributed by atoms with van der Waals surface area (Å²) in [5.41, 5.74) is 1.48. The first-order valence-corrected chi connectivity index (χ1v) is 9.83. The smallest absolute Gasteiger partial charge is 0.322 e. The zero-order valence-corrected chi connectivity index (χ0v) is 16.7. The van der Waals surface area contributed by atoms with Gasteiger partial charge in [-0.1, -0.05) is 28.9 Å². The van der Waals surface area contributed by atoms with Crippen LogP contribution in [-0.4, -0.2) is 34.7 Å². The molecule has 1 atom stereocenters. The Balaban J connectivity index is 1.53. The van der Waals surface area contributed by atoms with Crippen LogP contribution in [0.1, 0.15) is 31.2 Å². The number of piperidine rings is 1. The van der Waals surface area contributed by atoms with Gasteiger partial charge in [-0.25, -0.2) is 4.79 Å². The average molecular weight is 413 g/mol. The highest BCUT2D eigenvalue weighted by Gasteiger charge is 2.32. The standard InChI is InChI=1S/C21H21ClN4O3/c1-28-17-6-4-5-14(13-17)19-24-20(29-25-19)18-7-2-3-12-26(18)21(27)23-16-10-8-15(22)9-11-16/h4-6,8-11,13,18H,2-3,7,12H2,1H3,(H,23,27). The van der Waals surface area contributed by atoms with Gasteiger partial charge in [0, 0.05) is 22.8 Å². The van der Waals surface area contributed by atoms with E-state index in [1.165, 1.54) is 0 Å². The van der Waals surface area contributed by atoms with Crippen molar-refractivity contribution >= 4 is 23.3 Å². The summed E-state index contributed by atoms with van der Waals surface area (Å²) in [4.78, 5) is 19.2. The van der Waals surface area contributed by atoms with Crippen molar-refractivity contribution in [2.45, 2.75) is 25.3 Å². The number of hydrogen-bond donors (Lipinski definition) is 1. The van der Waals surface area contributed by atoms with Crippen LogP contribution in [0.3, 0.4) is 0 Å². The maximum atomic E-state index is 12.9. The summed E-state index contributed by atoms with van der Waals surface area (Å²) >= 11 is 5.91. The number of benzene rings is 2. The zero-order valence-electron chi connectivity index (χ0n) is 16.0. The number of nitrogens with zero attached hydrogens (tertiary/aromatic N) is 3. The summed E-state index contributed by atoms with van der Waals surface area (Å²) in [6.45, 7) is 0.626. The van der Waals surface area contributed by atoms with Gasteiger partial charge < -0.3 is 19.5 Å². The van der Waals surface area contributed by atoms with Gasteiger partial charge in [-0.15, -0.1) is 0 Å². The molecule has 2 aromatic carbocycles. The van der Waals surface area contributed by atoms with E-state index in [1.807, 2.05) is 24.3 Å². The van der Waals surface area contributed by atoms with Crippen molar-refractivity contribution in [3.8, 4) is 17.1 Å². The van der Waals surface area contributed by atoms with Crippen molar-refractivity contribution in [3.63, 3.8) is 0 Å². The third kappa shape index (κ3) is 4.35. The van der Waals surface area contributed by atoms with Gasteiger partial charge in [-0.2, -0.15) is 4.98 Å². The Bertz CT molecular complexity index is 990. The van der Waals surface area contributed by atoms with Crippen molar-refractivity contribution < 1.29 is 14.1 Å². The summed E-state index contributed by atoms with van der Waals surface area (Å²) < 4.78 is 10.8. The zero-order chi connectivity index (χ0) is 20.2. The molecule has 2 heterocycles. The number of anilines is 1. The number of hydrogen-bond acceptors (Lipinski definition) is 5. The van der Waals surface area contributed by atoms with Crippen LogP contribution in [0.4, 0.5) is 10.5 Å². The molecule has 8 heteroatoms. The Morgan fingerprint density at radius 2 is 2.07 bits per heavy atom. The number of aromatic nitrogens is 2. The monoisotopic (exact) mass is 412 g/mol. The molecule has 1 aromatic heterocycles. The highest BCUT2D eigenvalue weighted by Crippen LogP contribution is 2.32. The Morgan fingerprint density at radius 3 is 2.86 bits per heavy atom. The lowest BCUT2D eigenvalue weighted by atomic mass is 10.0. The third-order valence-electron chi connectivity index (χ3n) is 4.91. The van der Waals surface area contributed by atoms with Gasteiger partial charge in [0.1, 0.15) is 11.8 Å². The number of nitrogens with one attached hydrogen (secondary N) is 1. The molecule has 0 bridgehead atoms. The van der Waals surface area contributed by atoms with Crippen molar-refractivity contribution in [1.29, 1.82) is 0 Å². The van der Waals surface area contributed by atoms with Crippen LogP contribution in [0.5, 0.6) is 5.75 Å². The summed E-state index contributed by atoms with van der Waals surface area (Å²) in [7, 11) is 1.61. The predicted octanol–water partition coefficient (Wildman–Crippen LogP) is 5.16. The minimum Gasteiger partial charge on any atom is -0.497 e. The van der Waals surface area contributed by atoms with Crippen molar-refractivity contribution in [2.24, 2.45) is 0 Å². The molecular weight excluding hydrogens is 392 g/mol. The summed E-state index contributed by atoms with van der Waals surface area (Å²) in [5.74, 6) is 1.63. The molecule has 7 nitrogen and oxygen atoms in total. The Labute approximate surface area is 173 Å². The van der Waals surface area contributed by atoms with Crippen molar-refractivity contribution in [2.75, 3.05) is 19.0 Å². The molecule has 0 radical (unpaired) electrons. The highest BCUT2D eigenvalue weighted by atomic mass is 35.5. The van der Waals surface area contributed by atoms with Gasteiger partial charge in [-0.3, -0.25) is 0 Å². The molecule has 1 unspecified atom stereocenters. The third-order valence-corrected chi connectivity index (χ3v) is 5.17. The second-order valence-electron chi connectivity index (χ2n) is 6.83. The largest absolute Gasteiger partial charge is 0.497 e. The number of likely N-dealkylation sites (tertiary alicyclic amines) is 1. The fourth-order valence-corrected chi connectivity index (χ4v) is 3.54. The van der Waals surface area contributed by atoms with Gasteiger partial charge in [0.2, 0.25) is 11.7 Å². The SMILES string of the molecule is COc1cccc(-c2noc(C3CCCCN3C(=O)Nc3ccc(Cl)cc3)n2)c1. The number of carbonyl (C=O) groups is 1. The minimum absolute atomic E-state index is 0.196. The van der Waals surface area contributed by atoms with Crippen LogP contribution in [0, 0.1) is 0 Å². The van der Waals surface area contributed by atoms with Crippen LogP contribution in [-0.2, 0) is 0 Å². The molecule has 1 fully saturated rings. The van der Waals surface area contributed by atoms with E-state index in [0.29, 0.717) is 29.0 Å². The number of urea groups is 1. The fraction of sp³-hybridized carbons (Fsp3) is 0.286. The summed E-state index contributed by atoms with van der Waals surface area (Å²) in [6, 6.07) is 14.0. The molecule has 3 aromatic rings. The molecule has 0 spiro atoms. The first-order chi connectivity index (χ1) is 14.1. The van der Waals surface area contributed by atoms with E-state index in [4.69, 9.17) is 20.9 Å². The first kappa shape index (κ1) is 19.3. The molecule has 0 aliphatic carbocycles. The quantitative estimate of drug-likeness (QED) is 0.640. The maximum absolute atomic E-state index is 12.9. The Kier molecular flexibility index (Phi) is 5.67. The molecule has 1 saturated heterocycles. The average Bonchev–Trinajstić information content (AvgIpc) is 3.25. The Hall–Kier alpha value is -3.06. The predicted molar refractivity (Wildman–Crippen MR) is 110 cm³/mol. The van der Waals surface area contributed by atoms with E-state index in [1.54, 1.807) is 36.3 Å². The van der Waals surface area contributed by atoms with Crippen LogP contribution in [0.15, 0.2) is 53.1 Å². The van der Waals surface area contributed by atoms with Crippen molar-refractivity contribution in [1.82, 2.24) is 15.0 Å². The van der Waals surface area contributed by atoms with Crippen LogP contribution in [0.2, 0.25) is 5.02 Å². The van der Waals surface area contributed by atoms with Gasteiger partial charge in [0.15, 0.2) is 0 Å². The second-order valence-corrected chi connectivity index (χ2v) is 7.27. The maximum Gasteiger partial charge on any atom is 0.322 e. The van der Waals surface area contributed by atoms with E-state index in [9.17, 15) is 4.79 Å². The molecule has 150 valence electrons. The number of amides is 2. The lowest BCUT2D eigenvalue weighted by Crippen LogP contribution is -2.41. The molecule has 1 aliphatic rings. The number of ether oxygens (including phenoxy) is 1.